The third-order valence-corrected chi connectivity index (χ3v) is 3.23. The fourth-order valence-corrected chi connectivity index (χ4v) is 1.84. The summed E-state index contributed by atoms with van der Waals surface area (Å²) < 4.78 is 26.1. The van der Waals surface area contributed by atoms with E-state index in [9.17, 15) is 13.6 Å². The Morgan fingerprint density at radius 3 is 2.50 bits per heavy atom. The summed E-state index contributed by atoms with van der Waals surface area (Å²) in [5.74, 6) is -1.89. The molecule has 1 fully saturated rings. The largest absolute Gasteiger partial charge is 0.347 e. The van der Waals surface area contributed by atoms with Crippen LogP contribution in [0.4, 0.5) is 8.78 Å². The molecule has 3 nitrogen and oxygen atoms in total. The van der Waals surface area contributed by atoms with Crippen molar-refractivity contribution >= 4 is 5.91 Å². The lowest BCUT2D eigenvalue weighted by molar-refractivity contribution is -0.128. The highest BCUT2D eigenvalue weighted by Gasteiger charge is 2.30. The summed E-state index contributed by atoms with van der Waals surface area (Å²) in [6.07, 6.45) is 0. The average Bonchev–Trinajstić information content (AvgIpc) is 2.18. The molecule has 0 aliphatic carbocycles. The van der Waals surface area contributed by atoms with Gasteiger partial charge in [-0.3, -0.25) is 4.79 Å². The maximum absolute atomic E-state index is 13.2. The molecule has 0 atom stereocenters. The molecule has 2 rings (SSSR count). The van der Waals surface area contributed by atoms with E-state index in [1.807, 2.05) is 0 Å². The van der Waals surface area contributed by atoms with Crippen molar-refractivity contribution in [3.8, 4) is 0 Å². The third kappa shape index (κ3) is 2.51. The van der Waals surface area contributed by atoms with Gasteiger partial charge in [-0.05, 0) is 31.5 Å². The second-order valence-corrected chi connectivity index (χ2v) is 5.10. The topological polar surface area (TPSA) is 41.1 Å². The molecule has 0 spiro atoms. The Balaban J connectivity index is 2.13. The molecule has 5 heteroatoms. The van der Waals surface area contributed by atoms with Crippen LogP contribution >= 0.6 is 0 Å². The summed E-state index contributed by atoms with van der Waals surface area (Å²) >= 11 is 0. The van der Waals surface area contributed by atoms with Crippen LogP contribution < -0.4 is 10.6 Å². The van der Waals surface area contributed by atoms with Gasteiger partial charge in [0.15, 0.2) is 11.6 Å². The highest BCUT2D eigenvalue weighted by molar-refractivity contribution is 5.80. The maximum Gasteiger partial charge on any atom is 0.226 e. The molecule has 18 heavy (non-hydrogen) atoms. The Labute approximate surface area is 105 Å². The fraction of sp³-hybridized carbons (Fsp3) is 0.462. The van der Waals surface area contributed by atoms with E-state index in [0.717, 1.165) is 12.1 Å². The van der Waals surface area contributed by atoms with Crippen molar-refractivity contribution in [3.05, 3.63) is 35.4 Å². The van der Waals surface area contributed by atoms with Crippen molar-refractivity contribution in [3.63, 3.8) is 0 Å². The zero-order valence-corrected chi connectivity index (χ0v) is 10.4. The van der Waals surface area contributed by atoms with Crippen LogP contribution in [0.2, 0.25) is 0 Å². The number of benzene rings is 1. The van der Waals surface area contributed by atoms with Gasteiger partial charge in [0.05, 0.1) is 11.5 Å². The number of hydrogen-bond acceptors (Lipinski definition) is 2. The molecule has 1 amide bonds. The van der Waals surface area contributed by atoms with Gasteiger partial charge in [0.2, 0.25) is 5.91 Å². The van der Waals surface area contributed by atoms with E-state index >= 15 is 0 Å². The van der Waals surface area contributed by atoms with Crippen LogP contribution in [0.15, 0.2) is 18.2 Å². The van der Waals surface area contributed by atoms with Gasteiger partial charge < -0.3 is 10.6 Å². The minimum absolute atomic E-state index is 0.0328. The maximum atomic E-state index is 13.2. The van der Waals surface area contributed by atoms with E-state index in [4.69, 9.17) is 0 Å². The van der Waals surface area contributed by atoms with Crippen molar-refractivity contribution in [2.45, 2.75) is 19.4 Å². The SMILES string of the molecule is CC(C)(NC(=O)C1CNC1)c1ccc(F)c(F)c1. The molecule has 1 aliphatic rings. The number of rotatable bonds is 3. The molecule has 98 valence electrons. The summed E-state index contributed by atoms with van der Waals surface area (Å²) in [6, 6.07) is 3.68. The third-order valence-electron chi connectivity index (χ3n) is 3.23. The molecule has 2 N–H and O–H groups in total. The van der Waals surface area contributed by atoms with Crippen LogP contribution in [0.5, 0.6) is 0 Å². The van der Waals surface area contributed by atoms with Gasteiger partial charge >= 0.3 is 0 Å². The molecule has 0 bridgehead atoms. The lowest BCUT2D eigenvalue weighted by Gasteiger charge is -2.32. The van der Waals surface area contributed by atoms with Crippen molar-refractivity contribution in [2.24, 2.45) is 5.92 Å². The van der Waals surface area contributed by atoms with Crippen LogP contribution in [-0.4, -0.2) is 19.0 Å². The van der Waals surface area contributed by atoms with Crippen LogP contribution in [0.3, 0.4) is 0 Å². The molecule has 1 aromatic carbocycles. The van der Waals surface area contributed by atoms with Crippen LogP contribution in [-0.2, 0) is 10.3 Å². The molecule has 0 aromatic heterocycles. The van der Waals surface area contributed by atoms with E-state index in [-0.39, 0.29) is 11.8 Å². The normalized spacial score (nSPS) is 16.2. The Morgan fingerprint density at radius 1 is 1.33 bits per heavy atom. The van der Waals surface area contributed by atoms with Gasteiger partial charge in [-0.1, -0.05) is 6.07 Å². The number of halogens is 2. The molecule has 1 aliphatic heterocycles. The van der Waals surface area contributed by atoms with E-state index in [2.05, 4.69) is 10.6 Å². The summed E-state index contributed by atoms with van der Waals surface area (Å²) in [4.78, 5) is 11.8. The molecule has 0 unspecified atom stereocenters. The first-order valence-corrected chi connectivity index (χ1v) is 5.88. The summed E-state index contributed by atoms with van der Waals surface area (Å²) in [6.45, 7) is 4.87. The molecular weight excluding hydrogens is 238 g/mol. The van der Waals surface area contributed by atoms with Crippen LogP contribution in [0, 0.1) is 17.6 Å². The average molecular weight is 254 g/mol. The fourth-order valence-electron chi connectivity index (χ4n) is 1.84. The molecular formula is C13H16F2N2O. The van der Waals surface area contributed by atoms with E-state index in [1.165, 1.54) is 6.07 Å². The summed E-state index contributed by atoms with van der Waals surface area (Å²) in [7, 11) is 0. The lowest BCUT2D eigenvalue weighted by atomic mass is 9.92. The van der Waals surface area contributed by atoms with Crippen molar-refractivity contribution in [1.29, 1.82) is 0 Å². The zero-order chi connectivity index (χ0) is 13.3. The van der Waals surface area contributed by atoms with Crippen molar-refractivity contribution in [1.82, 2.24) is 10.6 Å². The number of amides is 1. The van der Waals surface area contributed by atoms with Gasteiger partial charge in [-0.25, -0.2) is 8.78 Å². The Morgan fingerprint density at radius 2 is 2.00 bits per heavy atom. The van der Waals surface area contributed by atoms with Crippen LogP contribution in [0.25, 0.3) is 0 Å². The Kier molecular flexibility index (Phi) is 3.34. The number of nitrogens with one attached hydrogen (secondary N) is 2. The predicted molar refractivity (Wildman–Crippen MR) is 63.9 cm³/mol. The Hall–Kier alpha value is -1.49. The van der Waals surface area contributed by atoms with Gasteiger partial charge in [-0.15, -0.1) is 0 Å². The summed E-state index contributed by atoms with van der Waals surface area (Å²) in [5, 5.41) is 5.87. The zero-order valence-electron chi connectivity index (χ0n) is 10.4. The predicted octanol–water partition coefficient (Wildman–Crippen LogP) is 1.54. The van der Waals surface area contributed by atoms with Gasteiger partial charge in [0.1, 0.15) is 0 Å². The van der Waals surface area contributed by atoms with Gasteiger partial charge in [0, 0.05) is 13.1 Å². The monoisotopic (exact) mass is 254 g/mol. The van der Waals surface area contributed by atoms with E-state index in [0.29, 0.717) is 18.7 Å². The molecule has 0 radical (unpaired) electrons. The minimum Gasteiger partial charge on any atom is -0.347 e. The van der Waals surface area contributed by atoms with Crippen molar-refractivity contribution < 1.29 is 13.6 Å². The Bertz CT molecular complexity index is 470. The highest BCUT2D eigenvalue weighted by atomic mass is 19.2. The number of carbonyl (C=O) groups excluding carboxylic acids is 1. The first-order valence-electron chi connectivity index (χ1n) is 5.88. The molecule has 1 heterocycles. The van der Waals surface area contributed by atoms with Crippen molar-refractivity contribution in [2.75, 3.05) is 13.1 Å². The summed E-state index contributed by atoms with van der Waals surface area (Å²) in [5.41, 5.74) is -0.177. The van der Waals surface area contributed by atoms with Crippen LogP contribution in [0.1, 0.15) is 19.4 Å². The number of hydrogen-bond donors (Lipinski definition) is 2. The highest BCUT2D eigenvalue weighted by Crippen LogP contribution is 2.22. The number of carbonyl (C=O) groups is 1. The van der Waals surface area contributed by atoms with E-state index in [1.54, 1.807) is 13.8 Å². The lowest BCUT2D eigenvalue weighted by Crippen LogP contribution is -2.54. The molecule has 1 saturated heterocycles. The first kappa shape index (κ1) is 13.0. The van der Waals surface area contributed by atoms with Gasteiger partial charge in [-0.2, -0.15) is 0 Å². The first-order chi connectivity index (χ1) is 8.40. The standard InChI is InChI=1S/C13H16F2N2O/c1-13(2,17-12(18)8-6-16-7-8)9-3-4-10(14)11(15)5-9/h3-5,8,16H,6-7H2,1-2H3,(H,17,18). The van der Waals surface area contributed by atoms with Gasteiger partial charge in [0.25, 0.3) is 0 Å². The molecule has 1 aromatic rings. The smallest absolute Gasteiger partial charge is 0.226 e. The second-order valence-electron chi connectivity index (χ2n) is 5.10. The second kappa shape index (κ2) is 4.65. The quantitative estimate of drug-likeness (QED) is 0.859. The van der Waals surface area contributed by atoms with E-state index < -0.39 is 17.2 Å². The molecule has 0 saturated carbocycles. The minimum atomic E-state index is -0.903.